The van der Waals surface area contributed by atoms with Crippen LogP contribution in [0.3, 0.4) is 0 Å². The van der Waals surface area contributed by atoms with Crippen LogP contribution < -0.4 is 25.0 Å². The molecule has 2 N–H and O–H groups in total. The molecule has 0 radical (unpaired) electrons. The summed E-state index contributed by atoms with van der Waals surface area (Å²) < 4.78 is 16.3. The Hall–Kier alpha value is -4.04. The summed E-state index contributed by atoms with van der Waals surface area (Å²) in [5.74, 6) is 0.772. The van der Waals surface area contributed by atoms with Crippen molar-refractivity contribution in [3.05, 3.63) is 88.4 Å². The third-order valence-corrected chi connectivity index (χ3v) is 5.07. The first-order valence-corrected chi connectivity index (χ1v) is 10.4. The fourth-order valence-corrected chi connectivity index (χ4v) is 3.19. The van der Waals surface area contributed by atoms with E-state index in [9.17, 15) is 9.59 Å². The van der Waals surface area contributed by atoms with E-state index in [1.807, 2.05) is 30.3 Å². The van der Waals surface area contributed by atoms with Gasteiger partial charge in [0.25, 0.3) is 11.8 Å². The van der Waals surface area contributed by atoms with Gasteiger partial charge in [0, 0.05) is 21.7 Å². The van der Waals surface area contributed by atoms with Crippen molar-refractivity contribution in [2.24, 2.45) is 5.10 Å². The Bertz CT molecular complexity index is 1200. The average Bonchev–Trinajstić information content (AvgIpc) is 3.31. The number of benzene rings is 3. The zero-order valence-corrected chi connectivity index (χ0v) is 18.2. The van der Waals surface area contributed by atoms with Gasteiger partial charge in [-0.05, 0) is 36.4 Å². The van der Waals surface area contributed by atoms with Crippen molar-refractivity contribution in [2.75, 3.05) is 13.3 Å². The Labute approximate surface area is 195 Å². The smallest absolute Gasteiger partial charge is 0.259 e. The Balaban J connectivity index is 1.28. The largest absolute Gasteiger partial charge is 0.488 e. The molecule has 1 aliphatic heterocycles. The fourth-order valence-electron chi connectivity index (χ4n) is 3.00. The van der Waals surface area contributed by atoms with Crippen molar-refractivity contribution < 1.29 is 23.8 Å². The molecule has 4 rings (SSSR count). The number of carbonyl (C=O) groups is 2. The van der Waals surface area contributed by atoms with Crippen LogP contribution in [0.2, 0.25) is 5.02 Å². The van der Waals surface area contributed by atoms with E-state index in [1.165, 1.54) is 6.21 Å². The molecule has 3 aromatic carbocycles. The molecule has 9 heteroatoms. The average molecular weight is 466 g/mol. The van der Waals surface area contributed by atoms with Crippen molar-refractivity contribution in [2.45, 2.75) is 6.61 Å². The number of nitrogens with one attached hydrogen (secondary N) is 2. The highest BCUT2D eigenvalue weighted by atomic mass is 35.5. The number of amides is 2. The van der Waals surface area contributed by atoms with Gasteiger partial charge in [-0.2, -0.15) is 5.10 Å². The SMILES string of the molecule is O=C(CNC(=O)c1ccc2c(c1)OCO2)N/N=C\c1ccccc1OCc1ccccc1Cl. The number of carbonyl (C=O) groups excluding carboxylic acids is 2. The molecular formula is C24H20ClN3O5. The molecule has 168 valence electrons. The highest BCUT2D eigenvalue weighted by Gasteiger charge is 2.16. The van der Waals surface area contributed by atoms with E-state index in [-0.39, 0.29) is 13.3 Å². The van der Waals surface area contributed by atoms with Gasteiger partial charge in [-0.3, -0.25) is 9.59 Å². The first kappa shape index (κ1) is 22.2. The maximum absolute atomic E-state index is 12.2. The lowest BCUT2D eigenvalue weighted by Gasteiger charge is -2.10. The summed E-state index contributed by atoms with van der Waals surface area (Å²) in [6.07, 6.45) is 1.47. The molecule has 2 amide bonds. The van der Waals surface area contributed by atoms with Gasteiger partial charge < -0.3 is 19.5 Å². The van der Waals surface area contributed by atoms with E-state index in [4.69, 9.17) is 25.8 Å². The van der Waals surface area contributed by atoms with E-state index in [0.29, 0.717) is 40.0 Å². The summed E-state index contributed by atoms with van der Waals surface area (Å²) in [6.45, 7) is 0.174. The number of para-hydroxylation sites is 1. The van der Waals surface area contributed by atoms with E-state index in [2.05, 4.69) is 15.8 Å². The molecule has 3 aromatic rings. The lowest BCUT2D eigenvalue weighted by atomic mass is 10.2. The van der Waals surface area contributed by atoms with E-state index < -0.39 is 11.8 Å². The molecule has 0 saturated heterocycles. The van der Waals surface area contributed by atoms with Gasteiger partial charge in [-0.25, -0.2) is 5.43 Å². The number of hydrazone groups is 1. The summed E-state index contributed by atoms with van der Waals surface area (Å²) in [6, 6.07) is 19.5. The molecule has 0 fully saturated rings. The van der Waals surface area contributed by atoms with Crippen LogP contribution in [-0.2, 0) is 11.4 Å². The lowest BCUT2D eigenvalue weighted by Crippen LogP contribution is -2.34. The van der Waals surface area contributed by atoms with Crippen LogP contribution in [-0.4, -0.2) is 31.4 Å². The quantitative estimate of drug-likeness (QED) is 0.392. The standard InChI is InChI=1S/C24H20ClN3O5/c25-19-7-3-1-6-18(19)14-31-20-8-4-2-5-17(20)12-27-28-23(29)13-26-24(30)16-9-10-21-22(11-16)33-15-32-21/h1-12H,13-15H2,(H,26,30)(H,28,29)/b27-12-. The first-order chi connectivity index (χ1) is 16.1. The van der Waals surface area contributed by atoms with Gasteiger partial charge in [0.1, 0.15) is 12.4 Å². The minimum absolute atomic E-state index is 0.120. The molecule has 1 heterocycles. The summed E-state index contributed by atoms with van der Waals surface area (Å²) in [4.78, 5) is 24.3. The van der Waals surface area contributed by atoms with Crippen LogP contribution in [0.15, 0.2) is 71.8 Å². The van der Waals surface area contributed by atoms with Crippen molar-refractivity contribution in [1.29, 1.82) is 0 Å². The predicted octanol–water partition coefficient (Wildman–Crippen LogP) is 3.53. The Morgan fingerprint density at radius 1 is 1.03 bits per heavy atom. The molecule has 0 aliphatic carbocycles. The van der Waals surface area contributed by atoms with Crippen molar-refractivity contribution in [3.8, 4) is 17.2 Å². The highest BCUT2D eigenvalue weighted by molar-refractivity contribution is 6.31. The second-order valence-electron chi connectivity index (χ2n) is 6.96. The molecule has 0 saturated carbocycles. The minimum Gasteiger partial charge on any atom is -0.488 e. The molecule has 33 heavy (non-hydrogen) atoms. The summed E-state index contributed by atoms with van der Waals surface area (Å²) >= 11 is 6.17. The number of fused-ring (bicyclic) bond motifs is 1. The zero-order chi connectivity index (χ0) is 23.0. The Morgan fingerprint density at radius 3 is 2.70 bits per heavy atom. The molecule has 0 aromatic heterocycles. The van der Waals surface area contributed by atoms with Crippen molar-refractivity contribution >= 4 is 29.6 Å². The zero-order valence-electron chi connectivity index (χ0n) is 17.4. The number of halogens is 1. The van der Waals surface area contributed by atoms with Crippen LogP contribution in [0.5, 0.6) is 17.2 Å². The molecule has 1 aliphatic rings. The maximum atomic E-state index is 12.2. The van der Waals surface area contributed by atoms with Crippen LogP contribution in [0, 0.1) is 0 Å². The third kappa shape index (κ3) is 5.81. The predicted molar refractivity (Wildman–Crippen MR) is 123 cm³/mol. The van der Waals surface area contributed by atoms with Gasteiger partial charge >= 0.3 is 0 Å². The normalized spacial score (nSPS) is 11.9. The number of ether oxygens (including phenoxy) is 3. The van der Waals surface area contributed by atoms with Crippen molar-refractivity contribution in [1.82, 2.24) is 10.7 Å². The number of hydrogen-bond donors (Lipinski definition) is 2. The molecule has 0 bridgehead atoms. The Kier molecular flexibility index (Phi) is 7.06. The molecule has 8 nitrogen and oxygen atoms in total. The van der Waals surface area contributed by atoms with Gasteiger partial charge in [-0.1, -0.05) is 41.9 Å². The Morgan fingerprint density at radius 2 is 1.82 bits per heavy atom. The molecular weight excluding hydrogens is 446 g/mol. The number of hydrogen-bond acceptors (Lipinski definition) is 6. The maximum Gasteiger partial charge on any atom is 0.259 e. The number of rotatable bonds is 8. The summed E-state index contributed by atoms with van der Waals surface area (Å²) in [7, 11) is 0. The van der Waals surface area contributed by atoms with Crippen LogP contribution >= 0.6 is 11.6 Å². The topological polar surface area (TPSA) is 98.3 Å². The van der Waals surface area contributed by atoms with Crippen LogP contribution in [0.1, 0.15) is 21.5 Å². The molecule has 0 spiro atoms. The van der Waals surface area contributed by atoms with Gasteiger partial charge in [0.05, 0.1) is 12.8 Å². The molecule has 0 atom stereocenters. The van der Waals surface area contributed by atoms with Crippen LogP contribution in [0.4, 0.5) is 0 Å². The molecule has 0 unspecified atom stereocenters. The fraction of sp³-hybridized carbons (Fsp3) is 0.125. The van der Waals surface area contributed by atoms with E-state index in [0.717, 1.165) is 5.56 Å². The highest BCUT2D eigenvalue weighted by Crippen LogP contribution is 2.32. The van der Waals surface area contributed by atoms with Gasteiger partial charge in [0.15, 0.2) is 11.5 Å². The van der Waals surface area contributed by atoms with E-state index in [1.54, 1.807) is 36.4 Å². The monoisotopic (exact) mass is 465 g/mol. The summed E-state index contributed by atoms with van der Waals surface area (Å²) in [5, 5.41) is 7.11. The first-order valence-electron chi connectivity index (χ1n) is 10.0. The number of nitrogens with zero attached hydrogens (tertiary/aromatic N) is 1. The second kappa shape index (κ2) is 10.5. The van der Waals surface area contributed by atoms with Gasteiger partial charge in [-0.15, -0.1) is 0 Å². The third-order valence-electron chi connectivity index (χ3n) is 4.70. The van der Waals surface area contributed by atoms with Crippen molar-refractivity contribution in [3.63, 3.8) is 0 Å². The van der Waals surface area contributed by atoms with E-state index >= 15 is 0 Å². The summed E-state index contributed by atoms with van der Waals surface area (Å²) in [5.41, 5.74) is 4.28. The minimum atomic E-state index is -0.477. The van der Waals surface area contributed by atoms with Crippen LogP contribution in [0.25, 0.3) is 0 Å². The second-order valence-corrected chi connectivity index (χ2v) is 7.37. The van der Waals surface area contributed by atoms with Gasteiger partial charge in [0.2, 0.25) is 6.79 Å². The lowest BCUT2D eigenvalue weighted by molar-refractivity contribution is -0.120.